The third-order valence-electron chi connectivity index (χ3n) is 6.35. The Hall–Kier alpha value is -2.34. The summed E-state index contributed by atoms with van der Waals surface area (Å²) in [5.41, 5.74) is 0.369. The summed E-state index contributed by atoms with van der Waals surface area (Å²) in [6.07, 6.45) is -0.950. The van der Waals surface area contributed by atoms with Crippen LogP contribution < -0.4 is 9.21 Å². The number of amides is 1. The highest BCUT2D eigenvalue weighted by Gasteiger charge is 2.35. The molecule has 2 aromatic carbocycles. The van der Waals surface area contributed by atoms with E-state index in [1.807, 2.05) is 0 Å². The zero-order valence-electron chi connectivity index (χ0n) is 19.1. The van der Waals surface area contributed by atoms with E-state index in [4.69, 9.17) is 4.74 Å². The third-order valence-corrected chi connectivity index (χ3v) is 7.06. The molecule has 1 saturated carbocycles. The van der Waals surface area contributed by atoms with Gasteiger partial charge in [0.2, 0.25) is 11.0 Å². The molecule has 0 aromatic heterocycles. The Morgan fingerprint density at radius 3 is 2.43 bits per heavy atom. The van der Waals surface area contributed by atoms with E-state index in [9.17, 15) is 31.8 Å². The Morgan fingerprint density at radius 1 is 1.17 bits per heavy atom. The molecule has 1 aliphatic carbocycles. The highest BCUT2D eigenvalue weighted by Crippen LogP contribution is 2.43. The monoisotopic (exact) mass is 514 g/mol. The second kappa shape index (κ2) is 10.3. The molecule has 1 aliphatic heterocycles. The summed E-state index contributed by atoms with van der Waals surface area (Å²) in [4.78, 5) is 14.4. The Kier molecular flexibility index (Phi) is 7.60. The zero-order valence-corrected chi connectivity index (χ0v) is 19.9. The molecule has 35 heavy (non-hydrogen) atoms. The molecule has 190 valence electrons. The van der Waals surface area contributed by atoms with Gasteiger partial charge in [-0.2, -0.15) is 17.4 Å². The number of carbonyl (C=O) groups is 1. The SMILES string of the molecule is CS(=O)[NH+]([O-])C(=O)c1cc(C2CC2)c(CN2CCC(Oc3ccccc3C(F)(F)F)CC2)cc1F. The number of hydrogen-bond donors (Lipinski definition) is 1. The van der Waals surface area contributed by atoms with Gasteiger partial charge in [-0.05, 0) is 67.0 Å². The number of quaternary nitrogens is 1. The van der Waals surface area contributed by atoms with E-state index >= 15 is 0 Å². The zero-order chi connectivity index (χ0) is 25.3. The van der Waals surface area contributed by atoms with Crippen LogP contribution in [0.4, 0.5) is 17.6 Å². The van der Waals surface area contributed by atoms with Gasteiger partial charge >= 0.3 is 12.1 Å². The number of para-hydroxylation sites is 1. The van der Waals surface area contributed by atoms with Crippen LogP contribution in [0.15, 0.2) is 36.4 Å². The van der Waals surface area contributed by atoms with E-state index < -0.39 is 38.9 Å². The van der Waals surface area contributed by atoms with E-state index in [0.717, 1.165) is 30.7 Å². The first-order valence-electron chi connectivity index (χ1n) is 11.3. The molecule has 0 radical (unpaired) electrons. The van der Waals surface area contributed by atoms with Gasteiger partial charge in [-0.25, -0.2) is 13.7 Å². The minimum Gasteiger partial charge on any atom is -0.612 e. The molecule has 2 fully saturated rings. The van der Waals surface area contributed by atoms with Crippen molar-refractivity contribution in [2.45, 2.75) is 50.4 Å². The summed E-state index contributed by atoms with van der Waals surface area (Å²) >= 11 is 0. The van der Waals surface area contributed by atoms with E-state index in [-0.39, 0.29) is 23.3 Å². The van der Waals surface area contributed by atoms with Crippen molar-refractivity contribution in [3.05, 3.63) is 69.7 Å². The minimum absolute atomic E-state index is 0.180. The van der Waals surface area contributed by atoms with Crippen LogP contribution in [-0.2, 0) is 23.7 Å². The van der Waals surface area contributed by atoms with Crippen molar-refractivity contribution >= 4 is 16.9 Å². The fraction of sp³-hybridized carbons (Fsp3) is 0.458. The van der Waals surface area contributed by atoms with Gasteiger partial charge < -0.3 is 9.94 Å². The van der Waals surface area contributed by atoms with Crippen LogP contribution in [0.1, 0.15) is 58.6 Å². The molecular formula is C24H26F4N2O4S. The van der Waals surface area contributed by atoms with Gasteiger partial charge in [0.05, 0.1) is 11.8 Å². The van der Waals surface area contributed by atoms with Crippen LogP contribution in [0.5, 0.6) is 5.75 Å². The summed E-state index contributed by atoms with van der Waals surface area (Å²) in [5.74, 6) is -1.91. The largest absolute Gasteiger partial charge is 0.612 e. The molecule has 1 N–H and O–H groups in total. The number of benzene rings is 2. The predicted molar refractivity (Wildman–Crippen MR) is 121 cm³/mol. The number of carbonyl (C=O) groups excluding carboxylic acids is 1. The fourth-order valence-electron chi connectivity index (χ4n) is 4.37. The van der Waals surface area contributed by atoms with Gasteiger partial charge in [0, 0.05) is 19.6 Å². The Balaban J connectivity index is 1.43. The summed E-state index contributed by atoms with van der Waals surface area (Å²) in [6.45, 7) is 1.52. The molecule has 2 unspecified atom stereocenters. The number of rotatable bonds is 7. The van der Waals surface area contributed by atoms with Crippen LogP contribution in [0.3, 0.4) is 0 Å². The fourth-order valence-corrected chi connectivity index (χ4v) is 4.74. The standard InChI is InChI=1S/C24H26F4N2O4S/c1-35(33)30(32)23(31)19-13-18(15-6-7-15)16(12-21(19)25)14-29-10-8-17(9-11-29)34-22-5-3-2-4-20(22)24(26,27)28/h2-5,12-13,15,17,30H,6-11,14H2,1H3. The van der Waals surface area contributed by atoms with Gasteiger partial charge in [-0.3, -0.25) is 4.90 Å². The lowest BCUT2D eigenvalue weighted by molar-refractivity contribution is -0.600. The van der Waals surface area contributed by atoms with E-state index in [2.05, 4.69) is 4.90 Å². The summed E-state index contributed by atoms with van der Waals surface area (Å²) in [6, 6.07) is 7.84. The van der Waals surface area contributed by atoms with E-state index in [0.29, 0.717) is 38.0 Å². The second-order valence-corrected chi connectivity index (χ2v) is 10.2. The Bertz CT molecular complexity index is 1120. The van der Waals surface area contributed by atoms with Gasteiger partial charge in [-0.15, -0.1) is 0 Å². The van der Waals surface area contributed by atoms with Crippen molar-refractivity contribution in [3.8, 4) is 5.75 Å². The third kappa shape index (κ3) is 6.08. The van der Waals surface area contributed by atoms with E-state index in [1.54, 1.807) is 0 Å². The minimum atomic E-state index is -4.50. The quantitative estimate of drug-likeness (QED) is 0.452. The van der Waals surface area contributed by atoms with Crippen molar-refractivity contribution in [2.75, 3.05) is 19.3 Å². The Morgan fingerprint density at radius 2 is 1.83 bits per heavy atom. The molecule has 2 aliphatic rings. The first-order valence-corrected chi connectivity index (χ1v) is 12.9. The smallest absolute Gasteiger partial charge is 0.419 e. The molecule has 4 rings (SSSR count). The van der Waals surface area contributed by atoms with Crippen molar-refractivity contribution < 1.29 is 35.8 Å². The molecule has 6 nitrogen and oxygen atoms in total. The number of likely N-dealkylation sites (tertiary alicyclic amines) is 1. The maximum atomic E-state index is 14.8. The summed E-state index contributed by atoms with van der Waals surface area (Å²) in [7, 11) is -2.02. The number of hydroxylamine groups is 1. The second-order valence-electron chi connectivity index (χ2n) is 8.96. The van der Waals surface area contributed by atoms with Crippen molar-refractivity contribution in [3.63, 3.8) is 0 Å². The number of nitrogens with one attached hydrogen (secondary N) is 1. The van der Waals surface area contributed by atoms with Gasteiger partial charge in [0.25, 0.3) is 0 Å². The predicted octanol–water partition coefficient (Wildman–Crippen LogP) is 3.58. The lowest BCUT2D eigenvalue weighted by Gasteiger charge is -2.33. The first kappa shape index (κ1) is 25.7. The summed E-state index contributed by atoms with van der Waals surface area (Å²) < 4.78 is 70.4. The van der Waals surface area contributed by atoms with Crippen LogP contribution >= 0.6 is 0 Å². The molecule has 2 aromatic rings. The molecule has 1 amide bonds. The van der Waals surface area contributed by atoms with Crippen LogP contribution in [0, 0.1) is 11.0 Å². The van der Waals surface area contributed by atoms with Crippen molar-refractivity contribution in [1.82, 2.24) is 4.90 Å². The normalized spacial score (nSPS) is 19.4. The molecule has 0 bridgehead atoms. The number of nitrogens with zero attached hydrogens (tertiary/aromatic N) is 1. The number of halogens is 4. The van der Waals surface area contributed by atoms with Crippen LogP contribution in [-0.4, -0.2) is 40.5 Å². The van der Waals surface area contributed by atoms with Crippen molar-refractivity contribution in [2.24, 2.45) is 0 Å². The molecule has 1 heterocycles. The maximum Gasteiger partial charge on any atom is 0.419 e. The average Bonchev–Trinajstić information content (AvgIpc) is 3.64. The van der Waals surface area contributed by atoms with Gasteiger partial charge in [0.1, 0.15) is 23.2 Å². The van der Waals surface area contributed by atoms with Crippen LogP contribution in [0.25, 0.3) is 0 Å². The number of ether oxygens (including phenoxy) is 1. The average molecular weight is 515 g/mol. The van der Waals surface area contributed by atoms with E-state index in [1.165, 1.54) is 30.3 Å². The Labute approximate surface area is 203 Å². The molecule has 11 heteroatoms. The number of alkyl halides is 3. The molecule has 2 atom stereocenters. The lowest BCUT2D eigenvalue weighted by atomic mass is 9.97. The topological polar surface area (TPSA) is 74.1 Å². The van der Waals surface area contributed by atoms with Gasteiger partial charge in [0.15, 0.2) is 0 Å². The van der Waals surface area contributed by atoms with Gasteiger partial charge in [-0.1, -0.05) is 12.1 Å². The number of hydrogen-bond acceptors (Lipinski definition) is 5. The highest BCUT2D eigenvalue weighted by atomic mass is 32.2. The summed E-state index contributed by atoms with van der Waals surface area (Å²) in [5, 5.41) is 11.8. The first-order chi connectivity index (χ1) is 16.5. The molecule has 1 saturated heterocycles. The molecule has 0 spiro atoms. The van der Waals surface area contributed by atoms with Crippen molar-refractivity contribution in [1.29, 1.82) is 0 Å². The maximum absolute atomic E-state index is 14.8. The lowest BCUT2D eigenvalue weighted by Crippen LogP contribution is -3.09. The highest BCUT2D eigenvalue weighted by molar-refractivity contribution is 7.78. The number of piperidine rings is 1. The molecular weight excluding hydrogens is 488 g/mol. The van der Waals surface area contributed by atoms with Crippen LogP contribution in [0.2, 0.25) is 0 Å².